The fraction of sp³-hybridized carbons (Fsp3) is 0.353. The maximum Gasteiger partial charge on any atom is 0.244 e. The summed E-state index contributed by atoms with van der Waals surface area (Å²) < 4.78 is 5.46. The Morgan fingerprint density at radius 2 is 2.10 bits per heavy atom. The minimum absolute atomic E-state index is 0.00779. The van der Waals surface area contributed by atoms with E-state index in [1.165, 1.54) is 0 Å². The summed E-state index contributed by atoms with van der Waals surface area (Å²) in [7, 11) is 0. The molecule has 1 amide bonds. The third kappa shape index (κ3) is 2.59. The van der Waals surface area contributed by atoms with Crippen LogP contribution in [0.5, 0.6) is 0 Å². The number of fused-ring (bicyclic) bond motifs is 1. The van der Waals surface area contributed by atoms with Gasteiger partial charge < -0.3 is 15.5 Å². The molecule has 0 bridgehead atoms. The maximum atomic E-state index is 12.6. The normalized spacial score (nSPS) is 20.4. The van der Waals surface area contributed by atoms with Crippen LogP contribution in [0.4, 0.5) is 0 Å². The average molecular weight is 284 g/mol. The second-order valence-electron chi connectivity index (χ2n) is 5.79. The van der Waals surface area contributed by atoms with Crippen molar-refractivity contribution in [3.63, 3.8) is 0 Å². The standard InChI is InChI=1S/C17H20N2O2/c1-17(18,12-6-3-2-4-7-12)16(20)19-14-8-5-9-15-13(14)10-11-21-15/h2-4,6-7,10-11,14H,5,8-9,18H2,1H3,(H,19,20). The first-order chi connectivity index (χ1) is 10.1. The van der Waals surface area contributed by atoms with Gasteiger partial charge in [0.2, 0.25) is 5.91 Å². The molecule has 1 aromatic heterocycles. The van der Waals surface area contributed by atoms with E-state index in [1.807, 2.05) is 36.4 Å². The highest BCUT2D eigenvalue weighted by molar-refractivity contribution is 5.87. The van der Waals surface area contributed by atoms with E-state index in [0.717, 1.165) is 36.1 Å². The summed E-state index contributed by atoms with van der Waals surface area (Å²) in [6.07, 6.45) is 4.56. The number of nitrogens with one attached hydrogen (secondary N) is 1. The number of aryl methyl sites for hydroxylation is 1. The van der Waals surface area contributed by atoms with Crippen molar-refractivity contribution in [3.05, 3.63) is 59.5 Å². The molecule has 1 aliphatic carbocycles. The molecule has 0 saturated carbocycles. The average Bonchev–Trinajstić information content (AvgIpc) is 2.97. The molecule has 0 spiro atoms. The number of carbonyl (C=O) groups excluding carboxylic acids is 1. The van der Waals surface area contributed by atoms with Crippen LogP contribution in [0.3, 0.4) is 0 Å². The van der Waals surface area contributed by atoms with E-state index < -0.39 is 5.54 Å². The molecule has 1 aliphatic rings. The Morgan fingerprint density at radius 1 is 1.33 bits per heavy atom. The quantitative estimate of drug-likeness (QED) is 0.910. The zero-order valence-corrected chi connectivity index (χ0v) is 12.1. The Kier molecular flexibility index (Phi) is 3.55. The van der Waals surface area contributed by atoms with Crippen LogP contribution in [-0.4, -0.2) is 5.91 Å². The highest BCUT2D eigenvalue weighted by Crippen LogP contribution is 2.31. The fourth-order valence-electron chi connectivity index (χ4n) is 2.86. The molecule has 0 fully saturated rings. The van der Waals surface area contributed by atoms with Gasteiger partial charge in [-0.05, 0) is 31.4 Å². The van der Waals surface area contributed by atoms with Crippen LogP contribution in [0.2, 0.25) is 0 Å². The van der Waals surface area contributed by atoms with Crippen molar-refractivity contribution in [2.45, 2.75) is 37.8 Å². The van der Waals surface area contributed by atoms with Crippen molar-refractivity contribution in [3.8, 4) is 0 Å². The summed E-state index contributed by atoms with van der Waals surface area (Å²) >= 11 is 0. The van der Waals surface area contributed by atoms with Gasteiger partial charge in [-0.15, -0.1) is 0 Å². The third-order valence-corrected chi connectivity index (χ3v) is 4.20. The predicted octanol–water partition coefficient (Wildman–Crippen LogP) is 2.65. The van der Waals surface area contributed by atoms with Gasteiger partial charge in [0.05, 0.1) is 12.3 Å². The highest BCUT2D eigenvalue weighted by atomic mass is 16.3. The lowest BCUT2D eigenvalue weighted by atomic mass is 9.89. The second kappa shape index (κ2) is 5.37. The number of amides is 1. The van der Waals surface area contributed by atoms with Crippen molar-refractivity contribution in [1.82, 2.24) is 5.32 Å². The summed E-state index contributed by atoms with van der Waals surface area (Å²) in [6, 6.07) is 11.4. The Balaban J connectivity index is 1.79. The van der Waals surface area contributed by atoms with Crippen LogP contribution >= 0.6 is 0 Å². The number of furan rings is 1. The molecule has 0 radical (unpaired) electrons. The van der Waals surface area contributed by atoms with Crippen LogP contribution in [0.25, 0.3) is 0 Å². The number of nitrogens with two attached hydrogens (primary N) is 1. The van der Waals surface area contributed by atoms with E-state index in [2.05, 4.69) is 5.32 Å². The summed E-state index contributed by atoms with van der Waals surface area (Å²) in [5.41, 5.74) is 7.11. The molecule has 3 rings (SSSR count). The van der Waals surface area contributed by atoms with Crippen LogP contribution < -0.4 is 11.1 Å². The first kappa shape index (κ1) is 13.9. The SMILES string of the molecule is CC(N)(C(=O)NC1CCCc2occc21)c1ccccc1. The van der Waals surface area contributed by atoms with Crippen molar-refractivity contribution in [2.24, 2.45) is 5.73 Å². The second-order valence-corrected chi connectivity index (χ2v) is 5.79. The van der Waals surface area contributed by atoms with Gasteiger partial charge in [-0.3, -0.25) is 4.79 Å². The third-order valence-electron chi connectivity index (χ3n) is 4.20. The minimum Gasteiger partial charge on any atom is -0.469 e. The minimum atomic E-state index is -1.04. The Hall–Kier alpha value is -2.07. The van der Waals surface area contributed by atoms with E-state index in [-0.39, 0.29) is 11.9 Å². The molecule has 0 aliphatic heterocycles. The molecule has 3 N–H and O–H groups in total. The van der Waals surface area contributed by atoms with E-state index >= 15 is 0 Å². The Morgan fingerprint density at radius 3 is 2.86 bits per heavy atom. The molecular weight excluding hydrogens is 264 g/mol. The van der Waals surface area contributed by atoms with Gasteiger partial charge in [-0.1, -0.05) is 30.3 Å². The predicted molar refractivity (Wildman–Crippen MR) is 80.5 cm³/mol. The molecule has 2 aromatic rings. The van der Waals surface area contributed by atoms with Gasteiger partial charge in [-0.25, -0.2) is 0 Å². The topological polar surface area (TPSA) is 68.3 Å². The number of carbonyl (C=O) groups is 1. The van der Waals surface area contributed by atoms with Gasteiger partial charge in [-0.2, -0.15) is 0 Å². The molecule has 21 heavy (non-hydrogen) atoms. The number of hydrogen-bond acceptors (Lipinski definition) is 3. The smallest absolute Gasteiger partial charge is 0.244 e. The van der Waals surface area contributed by atoms with E-state index in [9.17, 15) is 4.79 Å². The fourth-order valence-corrected chi connectivity index (χ4v) is 2.86. The Labute approximate surface area is 124 Å². The zero-order valence-electron chi connectivity index (χ0n) is 12.1. The van der Waals surface area contributed by atoms with Crippen LogP contribution in [-0.2, 0) is 16.8 Å². The van der Waals surface area contributed by atoms with Gasteiger partial charge >= 0.3 is 0 Å². The maximum absolute atomic E-state index is 12.6. The molecule has 110 valence electrons. The van der Waals surface area contributed by atoms with Crippen molar-refractivity contribution in [2.75, 3.05) is 0 Å². The number of rotatable bonds is 3. The molecular formula is C17H20N2O2. The van der Waals surface area contributed by atoms with Crippen molar-refractivity contribution >= 4 is 5.91 Å². The van der Waals surface area contributed by atoms with Gasteiger partial charge in [0, 0.05) is 12.0 Å². The van der Waals surface area contributed by atoms with E-state index in [0.29, 0.717) is 0 Å². The van der Waals surface area contributed by atoms with Gasteiger partial charge in [0.25, 0.3) is 0 Å². The largest absolute Gasteiger partial charge is 0.469 e. The van der Waals surface area contributed by atoms with E-state index in [1.54, 1.807) is 13.2 Å². The number of hydrogen-bond donors (Lipinski definition) is 2. The van der Waals surface area contributed by atoms with Crippen LogP contribution in [0.15, 0.2) is 47.1 Å². The summed E-state index contributed by atoms with van der Waals surface area (Å²) in [5.74, 6) is 0.817. The molecule has 2 atom stereocenters. The van der Waals surface area contributed by atoms with Crippen LogP contribution in [0, 0.1) is 0 Å². The molecule has 1 aromatic carbocycles. The Bertz CT molecular complexity index is 631. The van der Waals surface area contributed by atoms with Gasteiger partial charge in [0.15, 0.2) is 0 Å². The molecule has 0 saturated heterocycles. The zero-order chi connectivity index (χ0) is 14.9. The summed E-state index contributed by atoms with van der Waals surface area (Å²) in [4.78, 5) is 12.6. The van der Waals surface area contributed by atoms with Crippen LogP contribution in [0.1, 0.15) is 42.7 Å². The highest BCUT2D eigenvalue weighted by Gasteiger charge is 2.33. The molecule has 2 unspecified atom stereocenters. The molecule has 4 heteroatoms. The lowest BCUT2D eigenvalue weighted by molar-refractivity contribution is -0.127. The first-order valence-corrected chi connectivity index (χ1v) is 7.30. The molecule has 1 heterocycles. The summed E-state index contributed by atoms with van der Waals surface area (Å²) in [6.45, 7) is 1.75. The van der Waals surface area contributed by atoms with Crippen molar-refractivity contribution in [1.29, 1.82) is 0 Å². The van der Waals surface area contributed by atoms with Crippen molar-refractivity contribution < 1.29 is 9.21 Å². The first-order valence-electron chi connectivity index (χ1n) is 7.30. The monoisotopic (exact) mass is 284 g/mol. The lowest BCUT2D eigenvalue weighted by Gasteiger charge is -2.29. The molecule has 4 nitrogen and oxygen atoms in total. The lowest BCUT2D eigenvalue weighted by Crippen LogP contribution is -2.50. The number of benzene rings is 1. The van der Waals surface area contributed by atoms with E-state index in [4.69, 9.17) is 10.2 Å². The summed E-state index contributed by atoms with van der Waals surface area (Å²) in [5, 5.41) is 3.08. The van der Waals surface area contributed by atoms with Gasteiger partial charge in [0.1, 0.15) is 11.3 Å².